The van der Waals surface area contributed by atoms with E-state index in [9.17, 15) is 19.1 Å². The van der Waals surface area contributed by atoms with Crippen molar-refractivity contribution in [2.24, 2.45) is 0 Å². The summed E-state index contributed by atoms with van der Waals surface area (Å²) in [7, 11) is 0. The Morgan fingerprint density at radius 3 is 2.45 bits per heavy atom. The van der Waals surface area contributed by atoms with E-state index in [0.29, 0.717) is 0 Å². The molecule has 3 aromatic rings. The molecule has 3 rings (SSSR count). The summed E-state index contributed by atoms with van der Waals surface area (Å²) in [4.78, 5) is 22.4. The maximum absolute atomic E-state index is 13.6. The Balaban J connectivity index is 2.13. The first-order valence-corrected chi connectivity index (χ1v) is 10.0. The molecule has 0 bridgehead atoms. The number of hydrogen-bond donors (Lipinski definition) is 2. The van der Waals surface area contributed by atoms with Gasteiger partial charge in [0, 0.05) is 23.2 Å². The summed E-state index contributed by atoms with van der Waals surface area (Å²) in [5.41, 5.74) is 4.97. The highest BCUT2D eigenvalue weighted by molar-refractivity contribution is 5.95. The number of fused-ring (bicyclic) bond motifs is 1. The number of aliphatic hydroxyl groups excluding tert-OH is 1. The number of carbonyl (C=O) groups excluding carboxylic acids is 1. The van der Waals surface area contributed by atoms with E-state index in [1.165, 1.54) is 18.2 Å². The summed E-state index contributed by atoms with van der Waals surface area (Å²) in [6.45, 7) is 5.96. The molecule has 0 fully saturated rings. The van der Waals surface area contributed by atoms with Crippen LogP contribution in [-0.4, -0.2) is 37.7 Å². The van der Waals surface area contributed by atoms with E-state index in [1.54, 1.807) is 18.2 Å². The van der Waals surface area contributed by atoms with Crippen LogP contribution in [0.25, 0.3) is 22.7 Å². The number of carboxylic acids is 1. The Bertz CT molecular complexity index is 1150. The lowest BCUT2D eigenvalue weighted by atomic mass is 9.93. The third-order valence-corrected chi connectivity index (χ3v) is 5.00. The largest absolute Gasteiger partial charge is 0.481 e. The number of carbonyl (C=O) groups is 2. The van der Waals surface area contributed by atoms with Crippen LogP contribution in [0.15, 0.2) is 42.5 Å². The molecule has 1 atom stereocenters. The highest BCUT2D eigenvalue weighted by Gasteiger charge is 2.19. The van der Waals surface area contributed by atoms with Gasteiger partial charge in [0.2, 0.25) is 0 Å². The first-order chi connectivity index (χ1) is 14.7. The Morgan fingerprint density at radius 1 is 1.16 bits per heavy atom. The van der Waals surface area contributed by atoms with Crippen molar-refractivity contribution in [1.29, 1.82) is 0 Å². The van der Waals surface area contributed by atoms with Gasteiger partial charge in [-0.15, -0.1) is 0 Å². The van der Waals surface area contributed by atoms with Gasteiger partial charge < -0.3 is 10.2 Å². The quantitative estimate of drug-likeness (QED) is 0.524. The van der Waals surface area contributed by atoms with Crippen LogP contribution in [0.5, 0.6) is 0 Å². The molecule has 2 N–H and O–H groups in total. The molecule has 0 saturated heterocycles. The fraction of sp³-hybridized carbons (Fsp3) is 0.292. The zero-order chi connectivity index (χ0) is 22.7. The molecule has 2 heterocycles. The molecule has 0 saturated carbocycles. The summed E-state index contributed by atoms with van der Waals surface area (Å²) in [5.74, 6) is -2.06. The molecule has 6 nitrogen and oxygen atoms in total. The van der Waals surface area contributed by atoms with Crippen LogP contribution in [0.1, 0.15) is 49.6 Å². The molecule has 7 heteroatoms. The molecule has 0 radical (unpaired) electrons. The topological polar surface area (TPSA) is 91.9 Å². The fourth-order valence-corrected chi connectivity index (χ4v) is 3.54. The maximum Gasteiger partial charge on any atom is 0.310 e. The predicted octanol–water partition coefficient (Wildman–Crippen LogP) is 4.38. The van der Waals surface area contributed by atoms with E-state index in [2.05, 4.69) is 0 Å². The molecule has 2 aromatic heterocycles. The fourth-order valence-electron chi connectivity index (χ4n) is 3.54. The van der Waals surface area contributed by atoms with E-state index in [0.717, 1.165) is 33.6 Å². The number of aromatic nitrogens is 2. The normalized spacial score (nSPS) is 12.7. The number of carboxylic acid groups (broad SMARTS) is 1. The lowest BCUT2D eigenvalue weighted by Gasteiger charge is -2.17. The number of hydrogen-bond acceptors (Lipinski definition) is 4. The van der Waals surface area contributed by atoms with Gasteiger partial charge in [-0.1, -0.05) is 38.1 Å². The van der Waals surface area contributed by atoms with Gasteiger partial charge in [0.1, 0.15) is 18.0 Å². The summed E-state index contributed by atoms with van der Waals surface area (Å²) in [6, 6.07) is 10.1. The third kappa shape index (κ3) is 5.06. The van der Waals surface area contributed by atoms with Crippen molar-refractivity contribution in [1.82, 2.24) is 9.61 Å². The summed E-state index contributed by atoms with van der Waals surface area (Å²) in [5, 5.41) is 23.8. The van der Waals surface area contributed by atoms with Crippen LogP contribution in [0.4, 0.5) is 4.39 Å². The second-order valence-corrected chi connectivity index (χ2v) is 7.85. The number of ketones is 1. The number of aliphatic hydroxyl groups is 1. The minimum atomic E-state index is -1.22. The molecule has 0 amide bonds. The van der Waals surface area contributed by atoms with Crippen LogP contribution in [0, 0.1) is 12.7 Å². The standard InChI is InChI=1S/C24H25FN2O4/c1-14(2)24-20(10-9-18(28)12-19(29)13-22(30)31)23(16-5-7-17(25)8-6-16)21-11-4-15(3)27(21)26-24/h4-11,14,18,28H,12-13H2,1-3H3,(H,30,31)/b10-9+. The first-order valence-electron chi connectivity index (χ1n) is 10.0. The predicted molar refractivity (Wildman–Crippen MR) is 116 cm³/mol. The van der Waals surface area contributed by atoms with Crippen LogP contribution in [-0.2, 0) is 9.59 Å². The summed E-state index contributed by atoms with van der Waals surface area (Å²) in [6.07, 6.45) is 1.15. The maximum atomic E-state index is 13.6. The number of benzene rings is 1. The Kier molecular flexibility index (Phi) is 6.65. The van der Waals surface area contributed by atoms with E-state index < -0.39 is 24.3 Å². The summed E-state index contributed by atoms with van der Waals surface area (Å²) < 4.78 is 15.4. The van der Waals surface area contributed by atoms with Crippen molar-refractivity contribution in [3.63, 3.8) is 0 Å². The molecule has 31 heavy (non-hydrogen) atoms. The molecule has 0 aliphatic rings. The van der Waals surface area contributed by atoms with Gasteiger partial charge >= 0.3 is 5.97 Å². The first kappa shape index (κ1) is 22.4. The van der Waals surface area contributed by atoms with Crippen molar-refractivity contribution >= 4 is 23.3 Å². The van der Waals surface area contributed by atoms with Crippen LogP contribution >= 0.6 is 0 Å². The average molecular weight is 424 g/mol. The molecular weight excluding hydrogens is 399 g/mol. The van der Waals surface area contributed by atoms with Crippen LogP contribution < -0.4 is 0 Å². The van der Waals surface area contributed by atoms with Gasteiger partial charge in [0.25, 0.3) is 0 Å². The van der Waals surface area contributed by atoms with Crippen molar-refractivity contribution in [2.45, 2.75) is 45.6 Å². The molecule has 0 spiro atoms. The molecular formula is C24H25FN2O4. The second kappa shape index (κ2) is 9.22. The molecule has 0 aliphatic heterocycles. The third-order valence-electron chi connectivity index (χ3n) is 5.00. The van der Waals surface area contributed by atoms with Gasteiger partial charge in [-0.05, 0) is 42.7 Å². The lowest BCUT2D eigenvalue weighted by Crippen LogP contribution is -2.14. The average Bonchev–Trinajstić information content (AvgIpc) is 3.06. The van der Waals surface area contributed by atoms with Crippen molar-refractivity contribution in [2.75, 3.05) is 0 Å². The van der Waals surface area contributed by atoms with Gasteiger partial charge in [0.15, 0.2) is 0 Å². The van der Waals surface area contributed by atoms with Crippen molar-refractivity contribution < 1.29 is 24.2 Å². The number of aliphatic carboxylic acids is 1. The summed E-state index contributed by atoms with van der Waals surface area (Å²) >= 11 is 0. The monoisotopic (exact) mass is 424 g/mol. The van der Waals surface area contributed by atoms with Crippen molar-refractivity contribution in [3.8, 4) is 11.1 Å². The number of rotatable bonds is 8. The lowest BCUT2D eigenvalue weighted by molar-refractivity contribution is -0.140. The van der Waals surface area contributed by atoms with Crippen molar-refractivity contribution in [3.05, 3.63) is 65.2 Å². The Morgan fingerprint density at radius 2 is 1.84 bits per heavy atom. The van der Waals surface area contributed by atoms with Crippen LogP contribution in [0.3, 0.4) is 0 Å². The smallest absolute Gasteiger partial charge is 0.310 e. The number of Topliss-reactive ketones (excluding diaryl/α,β-unsaturated/α-hetero) is 1. The van der Waals surface area contributed by atoms with E-state index in [4.69, 9.17) is 10.2 Å². The zero-order valence-electron chi connectivity index (χ0n) is 17.7. The Labute approximate surface area is 179 Å². The molecule has 162 valence electrons. The number of aryl methyl sites for hydroxylation is 1. The minimum Gasteiger partial charge on any atom is -0.481 e. The second-order valence-electron chi connectivity index (χ2n) is 7.85. The SMILES string of the molecule is Cc1ccc2c(-c3ccc(F)cc3)c(/C=C/C(O)CC(=O)CC(=O)O)c(C(C)C)nn12. The minimum absolute atomic E-state index is 0.0517. The van der Waals surface area contributed by atoms with E-state index >= 15 is 0 Å². The molecule has 1 unspecified atom stereocenters. The molecule has 0 aliphatic carbocycles. The van der Waals surface area contributed by atoms with E-state index in [1.807, 2.05) is 37.4 Å². The Hall–Kier alpha value is -3.32. The number of halogens is 1. The number of nitrogens with zero attached hydrogens (tertiary/aromatic N) is 2. The zero-order valence-corrected chi connectivity index (χ0v) is 17.7. The van der Waals surface area contributed by atoms with Gasteiger partial charge in [-0.25, -0.2) is 8.91 Å². The van der Waals surface area contributed by atoms with Gasteiger partial charge in [0.05, 0.1) is 17.3 Å². The molecule has 1 aromatic carbocycles. The highest BCUT2D eigenvalue weighted by Crippen LogP contribution is 2.35. The van der Waals surface area contributed by atoms with E-state index in [-0.39, 0.29) is 18.2 Å². The van der Waals surface area contributed by atoms with Crippen LogP contribution in [0.2, 0.25) is 0 Å². The highest BCUT2D eigenvalue weighted by atomic mass is 19.1. The van der Waals surface area contributed by atoms with Gasteiger partial charge in [-0.2, -0.15) is 5.10 Å². The van der Waals surface area contributed by atoms with Gasteiger partial charge in [-0.3, -0.25) is 9.59 Å².